The normalized spacial score (nSPS) is 19.6. The van der Waals surface area contributed by atoms with Gasteiger partial charge in [-0.15, -0.1) is 0 Å². The van der Waals surface area contributed by atoms with Gasteiger partial charge in [-0.2, -0.15) is 0 Å². The van der Waals surface area contributed by atoms with Crippen LogP contribution in [-0.4, -0.2) is 74.1 Å². The molecule has 1 unspecified atom stereocenters. The summed E-state index contributed by atoms with van der Waals surface area (Å²) in [5.41, 5.74) is -0.552. The highest BCUT2D eigenvalue weighted by atomic mass is 127. The van der Waals surface area contributed by atoms with E-state index in [2.05, 4.69) is 22.0 Å². The first-order valence-corrected chi connectivity index (χ1v) is 14.2. The average Bonchev–Trinajstić information content (AvgIpc) is 3.20. The van der Waals surface area contributed by atoms with Crippen molar-refractivity contribution in [3.63, 3.8) is 0 Å². The molecule has 204 valence electrons. The molecular weight excluding hydrogens is 591 g/mol. The van der Waals surface area contributed by atoms with Crippen molar-refractivity contribution in [2.45, 2.75) is 78.7 Å². The number of halogens is 1. The number of hydrogen-bond acceptors (Lipinski definition) is 7. The van der Waals surface area contributed by atoms with E-state index in [0.29, 0.717) is 5.75 Å². The number of aliphatic imine (C=N–C) groups is 1. The summed E-state index contributed by atoms with van der Waals surface area (Å²) in [6, 6.07) is -0.241. The number of carbonyl (C=O) groups is 3. The van der Waals surface area contributed by atoms with Crippen molar-refractivity contribution >= 4 is 53.1 Å². The van der Waals surface area contributed by atoms with Crippen molar-refractivity contribution in [1.82, 2.24) is 15.2 Å². The molecule has 1 saturated heterocycles. The first-order chi connectivity index (χ1) is 17.2. The fourth-order valence-electron chi connectivity index (χ4n) is 3.79. The number of carboxylic acid groups (broad SMARTS) is 1. The van der Waals surface area contributed by atoms with Crippen molar-refractivity contribution in [3.05, 3.63) is 30.1 Å². The molecule has 0 bridgehead atoms. The molecule has 2 heterocycles. The molecule has 0 radical (unpaired) electrons. The molecule has 37 heavy (non-hydrogen) atoms. The van der Waals surface area contributed by atoms with E-state index in [1.54, 1.807) is 58.1 Å². The van der Waals surface area contributed by atoms with Crippen molar-refractivity contribution < 1.29 is 29.0 Å². The van der Waals surface area contributed by atoms with E-state index in [-0.39, 0.29) is 13.0 Å². The lowest BCUT2D eigenvalue weighted by Gasteiger charge is -2.35. The molecule has 0 spiro atoms. The van der Waals surface area contributed by atoms with Crippen molar-refractivity contribution in [1.29, 1.82) is 0 Å². The van der Waals surface area contributed by atoms with Crippen LogP contribution in [0.15, 0.2) is 29.5 Å². The Labute approximate surface area is 228 Å². The third-order valence-electron chi connectivity index (χ3n) is 5.39. The molecule has 10 nitrogen and oxygen atoms in total. The Morgan fingerprint density at radius 2 is 1.95 bits per heavy atom. The highest BCUT2D eigenvalue weighted by Gasteiger charge is 2.46. The van der Waals surface area contributed by atoms with Gasteiger partial charge in [0.05, 0.1) is 16.9 Å². The number of aliphatic carboxylic acids is 1. The molecule has 1 aromatic rings. The number of ether oxygens (including phenoxy) is 2. The molecule has 11 heteroatoms. The summed E-state index contributed by atoms with van der Waals surface area (Å²) in [5, 5.41) is 12.5. The molecule has 1 aliphatic heterocycles. The third-order valence-corrected chi connectivity index (χ3v) is 7.97. The molecule has 1 aromatic heterocycles. The lowest BCUT2D eigenvalue weighted by Crippen LogP contribution is -2.57. The van der Waals surface area contributed by atoms with E-state index >= 15 is 0 Å². The number of alkyl carbamates (subject to hydrolysis) is 1. The van der Waals surface area contributed by atoms with Gasteiger partial charge in [-0.25, -0.2) is 9.59 Å². The molecule has 0 aliphatic carbocycles. The number of hydrogen-bond donors (Lipinski definition) is 2. The van der Waals surface area contributed by atoms with Gasteiger partial charge < -0.3 is 24.8 Å². The molecule has 2 rings (SSSR count). The summed E-state index contributed by atoms with van der Waals surface area (Å²) >= 11 is -0.481. The van der Waals surface area contributed by atoms with Crippen LogP contribution in [0.2, 0.25) is 0 Å². The number of rotatable bonds is 8. The topological polar surface area (TPSA) is 130 Å². The van der Waals surface area contributed by atoms with E-state index in [1.807, 2.05) is 19.1 Å². The number of amides is 2. The van der Waals surface area contributed by atoms with Gasteiger partial charge in [-0.3, -0.25) is 14.8 Å². The number of carboxylic acids is 1. The summed E-state index contributed by atoms with van der Waals surface area (Å²) in [7, 11) is 0. The zero-order chi connectivity index (χ0) is 28.0. The van der Waals surface area contributed by atoms with Crippen molar-refractivity contribution in [2.24, 2.45) is 10.4 Å². The first kappa shape index (κ1) is 30.4. The Morgan fingerprint density at radius 3 is 2.49 bits per heavy atom. The van der Waals surface area contributed by atoms with E-state index in [4.69, 9.17) is 9.47 Å². The number of aromatic nitrogens is 1. The Bertz CT molecular complexity index is 1070. The quantitative estimate of drug-likeness (QED) is 0.325. The van der Waals surface area contributed by atoms with Crippen LogP contribution in [0, 0.1) is 5.41 Å². The average molecular weight is 629 g/mol. The Hall–Kier alpha value is -2.83. The van der Waals surface area contributed by atoms with Crippen LogP contribution < -0.4 is 10.1 Å². The van der Waals surface area contributed by atoms with Crippen LogP contribution in [0.3, 0.4) is 0 Å². The number of allylic oxidation sites excluding steroid dienone is 1. The second kappa shape index (κ2) is 12.6. The summed E-state index contributed by atoms with van der Waals surface area (Å²) in [6.07, 6.45) is 4.10. The highest BCUT2D eigenvalue weighted by Crippen LogP contribution is 2.31. The second-order valence-corrected chi connectivity index (χ2v) is 13.0. The minimum absolute atomic E-state index is 0.0557. The predicted molar refractivity (Wildman–Crippen MR) is 152 cm³/mol. The molecule has 0 aromatic carbocycles. The van der Waals surface area contributed by atoms with Crippen LogP contribution >= 0.6 is 20.7 Å². The van der Waals surface area contributed by atoms with Crippen molar-refractivity contribution in [2.75, 3.05) is 6.54 Å². The molecule has 1 aliphatic rings. The molecule has 3 atom stereocenters. The van der Waals surface area contributed by atoms with Crippen LogP contribution in [0.1, 0.15) is 60.5 Å². The Kier molecular flexibility index (Phi) is 10.4. The van der Waals surface area contributed by atoms with Gasteiger partial charge in [0.15, 0.2) is 0 Å². The summed E-state index contributed by atoms with van der Waals surface area (Å²) < 4.78 is 14.3. The van der Waals surface area contributed by atoms with Gasteiger partial charge >= 0.3 is 12.1 Å². The van der Waals surface area contributed by atoms with Gasteiger partial charge in [0.1, 0.15) is 29.5 Å². The van der Waals surface area contributed by atoms with Crippen LogP contribution in [0.4, 0.5) is 4.79 Å². The first-order valence-electron chi connectivity index (χ1n) is 11.9. The fraction of sp³-hybridized carbons (Fsp3) is 0.538. The monoisotopic (exact) mass is 628 g/mol. The number of pyridine rings is 1. The van der Waals surface area contributed by atoms with E-state index < -0.39 is 67.9 Å². The molecule has 0 saturated carbocycles. The summed E-state index contributed by atoms with van der Waals surface area (Å²) in [6.45, 7) is 16.1. The minimum atomic E-state index is -1.13. The standard InChI is InChI=1S/C26H37IN4O6/c1-9-19(27-15-28-8)16-10-17(13-29-12-16)36-18-11-20(23(33)34)31(14-18)22(32)21(25(2,3)4)30-24(35)37-26(5,6)7/h9-10,12-13,15,18,20-21H,8,11,14H2,1-7H3,(H,30,35)(H,33,34)/b19-9-/t18-,20+,21?/m1/s1. The number of nitrogens with one attached hydrogen (secondary N) is 1. The molecule has 1 fully saturated rings. The maximum Gasteiger partial charge on any atom is 0.408 e. The van der Waals surface area contributed by atoms with Gasteiger partial charge in [-0.1, -0.05) is 47.6 Å². The zero-order valence-electron chi connectivity index (χ0n) is 22.4. The SMILES string of the molecule is C=NC=I/C(=C\C)c1cncc(O[C@@H]2C[C@@H](C(=O)O)N(C(=O)C(NC(=O)OC(C)(C)C)C(C)(C)C)C2)c1. The molecule has 2 N–H and O–H groups in total. The second-order valence-electron chi connectivity index (χ2n) is 10.7. The number of likely N-dealkylation sites (tertiary alicyclic amines) is 1. The van der Waals surface area contributed by atoms with Gasteiger partial charge in [-0.05, 0) is 45.9 Å². The van der Waals surface area contributed by atoms with Crippen LogP contribution in [0.25, 0.3) is 3.58 Å². The maximum absolute atomic E-state index is 13.6. The smallest absolute Gasteiger partial charge is 0.408 e. The zero-order valence-corrected chi connectivity index (χ0v) is 24.6. The van der Waals surface area contributed by atoms with E-state index in [1.165, 1.54) is 4.90 Å². The van der Waals surface area contributed by atoms with Gasteiger partial charge in [0, 0.05) is 21.8 Å². The minimum Gasteiger partial charge on any atom is -0.487 e. The Balaban J connectivity index is 2.25. The van der Waals surface area contributed by atoms with E-state index in [0.717, 1.165) is 9.14 Å². The third kappa shape index (κ3) is 8.90. The highest BCUT2D eigenvalue weighted by molar-refractivity contribution is 14.2. The maximum atomic E-state index is 13.6. The van der Waals surface area contributed by atoms with Crippen molar-refractivity contribution in [3.8, 4) is 5.75 Å². The Morgan fingerprint density at radius 1 is 1.27 bits per heavy atom. The lowest BCUT2D eigenvalue weighted by molar-refractivity contribution is -0.150. The largest absolute Gasteiger partial charge is 0.487 e. The van der Waals surface area contributed by atoms with Crippen LogP contribution in [-0.2, 0) is 14.3 Å². The molecule has 2 amide bonds. The van der Waals surface area contributed by atoms with Gasteiger partial charge in [0.25, 0.3) is 0 Å². The summed E-state index contributed by atoms with van der Waals surface area (Å²) in [5.74, 6) is -1.16. The fourth-order valence-corrected chi connectivity index (χ4v) is 5.30. The van der Waals surface area contributed by atoms with E-state index in [9.17, 15) is 19.5 Å². The van der Waals surface area contributed by atoms with Crippen LogP contribution in [0.5, 0.6) is 5.75 Å². The molecular formula is C26H37IN4O6. The summed E-state index contributed by atoms with van der Waals surface area (Å²) in [4.78, 5) is 47.5. The lowest BCUT2D eigenvalue weighted by atomic mass is 9.85. The number of nitrogens with zero attached hydrogens (tertiary/aromatic N) is 3. The predicted octanol–water partition coefficient (Wildman–Crippen LogP) is 4.25. The number of carbonyl (C=O) groups excluding carboxylic acids is 2. The van der Waals surface area contributed by atoms with Gasteiger partial charge in [0.2, 0.25) is 5.91 Å².